The van der Waals surface area contributed by atoms with Gasteiger partial charge in [-0.3, -0.25) is 19.7 Å². The quantitative estimate of drug-likeness (QED) is 0.149. The molecule has 0 bridgehead atoms. The van der Waals surface area contributed by atoms with Crippen molar-refractivity contribution < 1.29 is 14.5 Å². The van der Waals surface area contributed by atoms with Gasteiger partial charge < -0.3 is 4.57 Å². The lowest BCUT2D eigenvalue weighted by Crippen LogP contribution is -2.04. The summed E-state index contributed by atoms with van der Waals surface area (Å²) >= 11 is 0. The number of ketones is 2. The maximum atomic E-state index is 13.3. The summed E-state index contributed by atoms with van der Waals surface area (Å²) in [6, 6.07) is 25.0. The molecule has 5 rings (SSSR count). The van der Waals surface area contributed by atoms with E-state index in [0.717, 1.165) is 33.9 Å². The molecule has 1 aromatic heterocycles. The van der Waals surface area contributed by atoms with Crippen LogP contribution in [0.3, 0.4) is 0 Å². The Balaban J connectivity index is 1.55. The first-order valence-electron chi connectivity index (χ1n) is 11.8. The molecule has 0 spiro atoms. The molecular weight excluding hydrogens is 452 g/mol. The van der Waals surface area contributed by atoms with Crippen molar-refractivity contribution >= 4 is 39.1 Å². The lowest BCUT2D eigenvalue weighted by atomic mass is 9.97. The summed E-state index contributed by atoms with van der Waals surface area (Å²) in [5.41, 5.74) is 5.49. The van der Waals surface area contributed by atoms with Gasteiger partial charge in [-0.05, 0) is 61.4 Å². The zero-order valence-corrected chi connectivity index (χ0v) is 20.0. The molecule has 0 aliphatic heterocycles. The van der Waals surface area contributed by atoms with Gasteiger partial charge in [0.25, 0.3) is 5.69 Å². The number of aromatic nitrogens is 1. The molecule has 0 amide bonds. The highest BCUT2D eigenvalue weighted by atomic mass is 16.6. The second kappa shape index (κ2) is 9.23. The number of carbonyl (C=O) groups excluding carboxylic acids is 2. The largest absolute Gasteiger partial charge is 0.341 e. The summed E-state index contributed by atoms with van der Waals surface area (Å²) in [6.07, 6.45) is 0.146. The minimum Gasteiger partial charge on any atom is -0.341 e. The summed E-state index contributed by atoms with van der Waals surface area (Å²) in [6.45, 7) is 4.75. The fourth-order valence-corrected chi connectivity index (χ4v) is 4.77. The van der Waals surface area contributed by atoms with Gasteiger partial charge in [-0.25, -0.2) is 0 Å². The molecule has 0 unspecified atom stereocenters. The standard InChI is InChI=1S/C30H24N2O4/c1-3-31-27-14-10-21(29(33)16-20-8-12-23(13-9-20)32(35)36)17-25(27)26-18-22(11-15-28(26)31)30(34)24-7-5-4-6-19(24)2/h4-15,17-18H,3,16H2,1-2H3. The number of fused-ring (bicyclic) bond motifs is 3. The zero-order valence-electron chi connectivity index (χ0n) is 20.0. The maximum absolute atomic E-state index is 13.3. The second-order valence-corrected chi connectivity index (χ2v) is 8.88. The normalized spacial score (nSPS) is 11.2. The van der Waals surface area contributed by atoms with E-state index in [1.807, 2.05) is 67.6 Å². The molecule has 6 nitrogen and oxygen atoms in total. The summed E-state index contributed by atoms with van der Waals surface area (Å²) in [4.78, 5) is 36.8. The lowest BCUT2D eigenvalue weighted by Gasteiger charge is -2.06. The van der Waals surface area contributed by atoms with Gasteiger partial charge in [0.1, 0.15) is 0 Å². The second-order valence-electron chi connectivity index (χ2n) is 8.88. The van der Waals surface area contributed by atoms with E-state index in [9.17, 15) is 19.7 Å². The molecule has 0 atom stereocenters. The van der Waals surface area contributed by atoms with Crippen molar-refractivity contribution in [3.05, 3.63) is 123 Å². The average molecular weight is 477 g/mol. The molecule has 0 saturated carbocycles. The lowest BCUT2D eigenvalue weighted by molar-refractivity contribution is -0.384. The molecule has 36 heavy (non-hydrogen) atoms. The van der Waals surface area contributed by atoms with Crippen molar-refractivity contribution in [1.82, 2.24) is 4.57 Å². The average Bonchev–Trinajstić information content (AvgIpc) is 3.21. The number of carbonyl (C=O) groups is 2. The van der Waals surface area contributed by atoms with Crippen LogP contribution in [-0.2, 0) is 13.0 Å². The van der Waals surface area contributed by atoms with Crippen LogP contribution in [0, 0.1) is 17.0 Å². The van der Waals surface area contributed by atoms with E-state index < -0.39 is 4.92 Å². The molecule has 6 heteroatoms. The predicted octanol–water partition coefficient (Wildman–Crippen LogP) is 6.69. The molecule has 0 fully saturated rings. The van der Waals surface area contributed by atoms with Crippen LogP contribution in [0.25, 0.3) is 21.8 Å². The predicted molar refractivity (Wildman–Crippen MR) is 141 cm³/mol. The SMILES string of the molecule is CCn1c2ccc(C(=O)Cc3ccc([N+](=O)[O-])cc3)cc2c2cc(C(=O)c3ccccc3C)ccc21. The number of hydrogen-bond acceptors (Lipinski definition) is 4. The minimum absolute atomic E-state index is 0.00367. The number of non-ortho nitro benzene ring substituents is 1. The van der Waals surface area contributed by atoms with Crippen LogP contribution in [0.5, 0.6) is 0 Å². The van der Waals surface area contributed by atoms with E-state index in [2.05, 4.69) is 11.5 Å². The van der Waals surface area contributed by atoms with Gasteiger partial charge in [0.05, 0.1) is 4.92 Å². The van der Waals surface area contributed by atoms with Crippen LogP contribution in [0.2, 0.25) is 0 Å². The number of nitro groups is 1. The van der Waals surface area contributed by atoms with Crippen LogP contribution >= 0.6 is 0 Å². The van der Waals surface area contributed by atoms with Crippen molar-refractivity contribution in [2.75, 3.05) is 0 Å². The van der Waals surface area contributed by atoms with Crippen LogP contribution in [-0.4, -0.2) is 21.1 Å². The number of Topliss-reactive ketones (excluding diaryl/α,β-unsaturated/α-hetero) is 1. The molecular formula is C30H24N2O4. The Morgan fingerprint density at radius 2 is 1.44 bits per heavy atom. The molecule has 0 aliphatic rings. The molecule has 0 saturated heterocycles. The third-order valence-corrected chi connectivity index (χ3v) is 6.67. The Morgan fingerprint density at radius 1 is 0.833 bits per heavy atom. The van der Waals surface area contributed by atoms with Gasteiger partial charge >= 0.3 is 0 Å². The van der Waals surface area contributed by atoms with Gasteiger partial charge in [-0.2, -0.15) is 0 Å². The molecule has 0 N–H and O–H groups in total. The fourth-order valence-electron chi connectivity index (χ4n) is 4.77. The van der Waals surface area contributed by atoms with Crippen molar-refractivity contribution in [3.63, 3.8) is 0 Å². The van der Waals surface area contributed by atoms with Gasteiger partial charge in [-0.15, -0.1) is 0 Å². The van der Waals surface area contributed by atoms with Gasteiger partial charge in [0.2, 0.25) is 0 Å². The first kappa shape index (κ1) is 23.2. The van der Waals surface area contributed by atoms with Crippen LogP contribution in [0.15, 0.2) is 84.9 Å². The monoisotopic (exact) mass is 476 g/mol. The number of hydrogen-bond donors (Lipinski definition) is 0. The number of aryl methyl sites for hydroxylation is 2. The molecule has 0 radical (unpaired) electrons. The topological polar surface area (TPSA) is 82.2 Å². The summed E-state index contributed by atoms with van der Waals surface area (Å²) < 4.78 is 2.18. The summed E-state index contributed by atoms with van der Waals surface area (Å²) in [7, 11) is 0. The number of nitro benzene ring substituents is 1. The number of nitrogens with zero attached hydrogens (tertiary/aromatic N) is 2. The van der Waals surface area contributed by atoms with Crippen LogP contribution in [0.4, 0.5) is 5.69 Å². The van der Waals surface area contributed by atoms with Crippen LogP contribution in [0.1, 0.15) is 44.3 Å². The van der Waals surface area contributed by atoms with Gasteiger partial charge in [0, 0.05) is 63.6 Å². The first-order valence-corrected chi connectivity index (χ1v) is 11.8. The number of benzene rings is 4. The Kier molecular flexibility index (Phi) is 5.94. The van der Waals surface area contributed by atoms with E-state index in [-0.39, 0.29) is 23.7 Å². The summed E-state index contributed by atoms with van der Waals surface area (Å²) in [5.74, 6) is -0.104. The molecule has 4 aromatic carbocycles. The third kappa shape index (κ3) is 4.07. The van der Waals surface area contributed by atoms with E-state index >= 15 is 0 Å². The third-order valence-electron chi connectivity index (χ3n) is 6.67. The first-order chi connectivity index (χ1) is 17.4. The zero-order chi connectivity index (χ0) is 25.4. The molecule has 5 aromatic rings. The molecule has 178 valence electrons. The van der Waals surface area contributed by atoms with Crippen molar-refractivity contribution in [2.45, 2.75) is 26.8 Å². The van der Waals surface area contributed by atoms with Crippen molar-refractivity contribution in [3.8, 4) is 0 Å². The highest BCUT2D eigenvalue weighted by molar-refractivity contribution is 6.16. The van der Waals surface area contributed by atoms with Gasteiger partial charge in [-0.1, -0.05) is 36.4 Å². The Labute approximate surface area is 207 Å². The van der Waals surface area contributed by atoms with Crippen molar-refractivity contribution in [1.29, 1.82) is 0 Å². The number of rotatable bonds is 7. The molecule has 0 aliphatic carbocycles. The Hall–Kier alpha value is -4.58. The van der Waals surface area contributed by atoms with Crippen LogP contribution < -0.4 is 0 Å². The van der Waals surface area contributed by atoms with E-state index in [4.69, 9.17) is 0 Å². The van der Waals surface area contributed by atoms with E-state index in [1.54, 1.807) is 12.1 Å². The van der Waals surface area contributed by atoms with E-state index in [0.29, 0.717) is 22.3 Å². The summed E-state index contributed by atoms with van der Waals surface area (Å²) in [5, 5.41) is 12.7. The highest BCUT2D eigenvalue weighted by Crippen LogP contribution is 2.32. The molecule has 1 heterocycles. The minimum atomic E-state index is -0.457. The fraction of sp³-hybridized carbons (Fsp3) is 0.133. The highest BCUT2D eigenvalue weighted by Gasteiger charge is 2.17. The smallest absolute Gasteiger partial charge is 0.269 e. The maximum Gasteiger partial charge on any atom is 0.269 e. The Morgan fingerprint density at radius 3 is 2.06 bits per heavy atom. The van der Waals surface area contributed by atoms with Crippen molar-refractivity contribution in [2.24, 2.45) is 0 Å². The Bertz CT molecular complexity index is 1660. The van der Waals surface area contributed by atoms with E-state index in [1.165, 1.54) is 12.1 Å². The van der Waals surface area contributed by atoms with Gasteiger partial charge in [0.15, 0.2) is 11.6 Å².